The summed E-state index contributed by atoms with van der Waals surface area (Å²) in [5, 5.41) is 2.37. The molecular weight excluding hydrogens is 495 g/mol. The molecule has 35 heavy (non-hydrogen) atoms. The average Bonchev–Trinajstić information content (AvgIpc) is 3.52. The minimum Gasteiger partial charge on any atom is -0.367 e. The Balaban J connectivity index is 1.75. The topological polar surface area (TPSA) is 95.4 Å². The van der Waals surface area contributed by atoms with Crippen molar-refractivity contribution < 1.29 is 35.7 Å². The number of alkyl halides is 3. The van der Waals surface area contributed by atoms with E-state index in [1.807, 2.05) is 0 Å². The van der Waals surface area contributed by atoms with Gasteiger partial charge in [0.25, 0.3) is 0 Å². The van der Waals surface area contributed by atoms with Gasteiger partial charge < -0.3 is 15.0 Å². The van der Waals surface area contributed by atoms with Gasteiger partial charge in [-0.25, -0.2) is 22.8 Å². The molecule has 2 aliphatic rings. The first kappa shape index (κ1) is 25.3. The maximum Gasteiger partial charge on any atom is 0.419 e. The fraction of sp³-hybridized carbons (Fsp3) is 0.455. The van der Waals surface area contributed by atoms with Gasteiger partial charge in [0.2, 0.25) is 5.91 Å². The fourth-order valence-corrected chi connectivity index (χ4v) is 4.94. The summed E-state index contributed by atoms with van der Waals surface area (Å²) in [6.45, 7) is -0.799. The van der Waals surface area contributed by atoms with Crippen molar-refractivity contribution >= 4 is 27.0 Å². The Morgan fingerprint density at radius 2 is 1.97 bits per heavy atom. The van der Waals surface area contributed by atoms with Gasteiger partial charge in [-0.15, -0.1) is 0 Å². The normalized spacial score (nSPS) is 24.3. The third-order valence-corrected chi connectivity index (χ3v) is 7.36. The second kappa shape index (κ2) is 8.70. The first-order valence-corrected chi connectivity index (χ1v) is 12.6. The Morgan fingerprint density at radius 3 is 2.54 bits per heavy atom. The van der Waals surface area contributed by atoms with Crippen LogP contribution in [-0.4, -0.2) is 52.8 Å². The number of ether oxygens (including phenoxy) is 1. The van der Waals surface area contributed by atoms with Gasteiger partial charge in [-0.3, -0.25) is 4.79 Å². The van der Waals surface area contributed by atoms with Crippen LogP contribution in [0.15, 0.2) is 35.5 Å². The summed E-state index contributed by atoms with van der Waals surface area (Å²) in [5.74, 6) is -3.47. The molecule has 0 bridgehead atoms. The van der Waals surface area contributed by atoms with Gasteiger partial charge in [0.05, 0.1) is 16.3 Å². The van der Waals surface area contributed by atoms with Crippen LogP contribution < -0.4 is 10.2 Å². The lowest BCUT2D eigenvalue weighted by Crippen LogP contribution is -2.49. The van der Waals surface area contributed by atoms with Crippen LogP contribution in [0, 0.1) is 16.4 Å². The molecule has 2 unspecified atom stereocenters. The van der Waals surface area contributed by atoms with E-state index in [9.17, 15) is 31.0 Å². The van der Waals surface area contributed by atoms with E-state index < -0.39 is 58.1 Å². The third-order valence-electron chi connectivity index (χ3n) is 6.34. The second-order valence-corrected chi connectivity index (χ2v) is 10.9. The number of amides is 1. The van der Waals surface area contributed by atoms with Crippen LogP contribution >= 0.6 is 0 Å². The number of nitrogens with zero attached hydrogens (tertiary/aromatic N) is 2. The number of halogens is 5. The van der Waals surface area contributed by atoms with E-state index in [0.717, 1.165) is 24.3 Å². The van der Waals surface area contributed by atoms with Crippen molar-refractivity contribution in [2.24, 2.45) is 0 Å². The summed E-state index contributed by atoms with van der Waals surface area (Å²) in [6, 6.07) is 3.11. The van der Waals surface area contributed by atoms with Crippen LogP contribution in [-0.2, 0) is 19.3 Å². The summed E-state index contributed by atoms with van der Waals surface area (Å²) in [4.78, 5) is 18.2. The minimum atomic E-state index is -4.85. The van der Waals surface area contributed by atoms with Gasteiger partial charge in [0.15, 0.2) is 17.2 Å². The molecule has 1 aromatic heterocycles. The summed E-state index contributed by atoms with van der Waals surface area (Å²) in [5.41, 5.74) is -2.68. The van der Waals surface area contributed by atoms with Crippen LogP contribution in [0.2, 0.25) is 0 Å². The molecular formula is C22H23F5N4O3S. The number of hydrogen-bond donors (Lipinski definition) is 2. The van der Waals surface area contributed by atoms with E-state index >= 15 is 0 Å². The molecule has 1 amide bonds. The number of nitrogens with one attached hydrogen (secondary N) is 2. The molecule has 1 saturated carbocycles. The monoisotopic (exact) mass is 518 g/mol. The number of anilines is 2. The van der Waals surface area contributed by atoms with E-state index in [4.69, 9.17) is 9.52 Å². The predicted octanol–water partition coefficient (Wildman–Crippen LogP) is 4.44. The summed E-state index contributed by atoms with van der Waals surface area (Å²) in [7, 11) is -2.32. The van der Waals surface area contributed by atoms with Crippen LogP contribution in [0.25, 0.3) is 0 Å². The number of rotatable bonds is 6. The zero-order chi connectivity index (χ0) is 25.8. The Morgan fingerprint density at radius 1 is 1.29 bits per heavy atom. The number of hydrogen-bond acceptors (Lipinski definition) is 6. The first-order valence-electron chi connectivity index (χ1n) is 10.6. The summed E-state index contributed by atoms with van der Waals surface area (Å²) >= 11 is 0. The highest BCUT2D eigenvalue weighted by Crippen LogP contribution is 2.50. The summed E-state index contributed by atoms with van der Waals surface area (Å²) in [6.07, 6.45) is -2.19. The molecule has 3 atom stereocenters. The predicted molar refractivity (Wildman–Crippen MR) is 118 cm³/mol. The summed E-state index contributed by atoms with van der Waals surface area (Å²) < 4.78 is 95.5. The molecule has 2 N–H and O–H groups in total. The zero-order valence-electron chi connectivity index (χ0n) is 18.8. The standard InChI is InChI=1S/C22H23F5N4O3S/c1-34-21(22(25,26)27)10-16(20(32)30-13-7-8-29-17(9-13)35(2,28)33)31(11-21)15-6-5-14(23)19(24)18(15)12-3-4-12/h5-9,12,16,28H,3-4,10-11H2,1-2H3,(H,29,30,32)/t16?,21?,35-/m1/s1. The van der Waals surface area contributed by atoms with Crippen LogP contribution in [0.3, 0.4) is 0 Å². The second-order valence-electron chi connectivity index (χ2n) is 8.83. The van der Waals surface area contributed by atoms with E-state index in [-0.39, 0.29) is 27.9 Å². The Hall–Kier alpha value is -2.80. The maximum absolute atomic E-state index is 14.7. The lowest BCUT2D eigenvalue weighted by molar-refractivity contribution is -0.261. The maximum atomic E-state index is 14.7. The van der Waals surface area contributed by atoms with Crippen molar-refractivity contribution in [1.29, 1.82) is 4.78 Å². The Bertz CT molecular complexity index is 1270. The number of pyridine rings is 1. The minimum absolute atomic E-state index is 0.00729. The van der Waals surface area contributed by atoms with Crippen LogP contribution in [0.5, 0.6) is 0 Å². The highest BCUT2D eigenvalue weighted by Gasteiger charge is 2.63. The molecule has 7 nitrogen and oxygen atoms in total. The molecule has 1 aliphatic carbocycles. The largest absolute Gasteiger partial charge is 0.419 e. The van der Waals surface area contributed by atoms with Crippen LogP contribution in [0.1, 0.15) is 30.7 Å². The molecule has 1 aromatic carbocycles. The molecule has 0 spiro atoms. The molecule has 2 aromatic rings. The number of carbonyl (C=O) groups is 1. The molecule has 1 aliphatic heterocycles. The molecule has 4 rings (SSSR count). The highest BCUT2D eigenvalue weighted by atomic mass is 32.2. The third kappa shape index (κ3) is 4.70. The smallest absolute Gasteiger partial charge is 0.367 e. The molecule has 13 heteroatoms. The van der Waals surface area contributed by atoms with E-state index in [2.05, 4.69) is 10.3 Å². The lowest BCUT2D eigenvalue weighted by atomic mass is 9.99. The van der Waals surface area contributed by atoms with Crippen molar-refractivity contribution in [2.45, 2.75) is 48.0 Å². The van der Waals surface area contributed by atoms with Crippen molar-refractivity contribution in [3.8, 4) is 0 Å². The Labute approximate surface area is 198 Å². The number of benzene rings is 1. The number of aromatic nitrogens is 1. The van der Waals surface area contributed by atoms with Crippen molar-refractivity contribution in [2.75, 3.05) is 30.1 Å². The van der Waals surface area contributed by atoms with Gasteiger partial charge in [0, 0.05) is 42.9 Å². The first-order chi connectivity index (χ1) is 16.3. The SMILES string of the molecule is COC1(C(F)(F)F)CC(C(=O)Nc2ccnc([S@](C)(=N)=O)c2)N(c2ccc(F)c(F)c2C2CC2)C1. The van der Waals surface area contributed by atoms with Gasteiger partial charge in [-0.2, -0.15) is 13.2 Å². The van der Waals surface area contributed by atoms with E-state index in [0.29, 0.717) is 12.8 Å². The molecule has 1 saturated heterocycles. The van der Waals surface area contributed by atoms with E-state index in [1.165, 1.54) is 24.4 Å². The van der Waals surface area contributed by atoms with Crippen molar-refractivity contribution in [3.63, 3.8) is 0 Å². The number of carbonyl (C=O) groups excluding carboxylic acids is 1. The van der Waals surface area contributed by atoms with E-state index in [1.54, 1.807) is 0 Å². The fourth-order valence-electron chi connectivity index (χ4n) is 4.32. The quantitative estimate of drug-likeness (QED) is 0.552. The van der Waals surface area contributed by atoms with Crippen LogP contribution in [0.4, 0.5) is 33.3 Å². The average molecular weight is 519 g/mol. The van der Waals surface area contributed by atoms with Crippen molar-refractivity contribution in [3.05, 3.63) is 47.7 Å². The number of methoxy groups -OCH3 is 1. The Kier molecular flexibility index (Phi) is 6.29. The van der Waals surface area contributed by atoms with Gasteiger partial charge >= 0.3 is 6.18 Å². The lowest BCUT2D eigenvalue weighted by Gasteiger charge is -2.31. The highest BCUT2D eigenvalue weighted by molar-refractivity contribution is 7.91. The zero-order valence-corrected chi connectivity index (χ0v) is 19.6. The molecule has 2 fully saturated rings. The molecule has 0 radical (unpaired) electrons. The van der Waals surface area contributed by atoms with Gasteiger partial charge in [-0.05, 0) is 43.0 Å². The van der Waals surface area contributed by atoms with Gasteiger partial charge in [-0.1, -0.05) is 0 Å². The molecule has 2 heterocycles. The van der Waals surface area contributed by atoms with Gasteiger partial charge in [0.1, 0.15) is 11.1 Å². The van der Waals surface area contributed by atoms with Crippen molar-refractivity contribution in [1.82, 2.24) is 4.98 Å². The molecule has 190 valence electrons.